The van der Waals surface area contributed by atoms with Crippen LogP contribution >= 0.6 is 0 Å². The van der Waals surface area contributed by atoms with Crippen molar-refractivity contribution in [3.8, 4) is 11.5 Å². The number of esters is 1. The molecule has 0 amide bonds. The summed E-state index contributed by atoms with van der Waals surface area (Å²) in [6, 6.07) is 6.27. The first kappa shape index (κ1) is 28.2. The Kier molecular flexibility index (Phi) is 10.1. The molecule has 10 heteroatoms. The summed E-state index contributed by atoms with van der Waals surface area (Å²) in [5, 5.41) is 0. The second-order valence-corrected chi connectivity index (χ2v) is 8.75. The number of carbonyl (C=O) groups is 1. The molecule has 3 nitrogen and oxygen atoms in total. The average Bonchev–Trinajstić information content (AvgIpc) is 2.78. The van der Waals surface area contributed by atoms with Gasteiger partial charge in [-0.2, -0.15) is 30.7 Å². The van der Waals surface area contributed by atoms with E-state index in [0.717, 1.165) is 19.3 Å². The second-order valence-electron chi connectivity index (χ2n) is 8.75. The van der Waals surface area contributed by atoms with E-state index in [2.05, 4.69) is 6.92 Å². The minimum Gasteiger partial charge on any atom is -0.494 e. The van der Waals surface area contributed by atoms with E-state index < -0.39 is 48.7 Å². The molecule has 0 N–H and O–H groups in total. The van der Waals surface area contributed by atoms with E-state index in [1.165, 1.54) is 31.4 Å². The van der Waals surface area contributed by atoms with Gasteiger partial charge in [0.05, 0.1) is 12.5 Å². The lowest BCUT2D eigenvalue weighted by atomic mass is 9.77. The van der Waals surface area contributed by atoms with Crippen molar-refractivity contribution in [2.24, 2.45) is 11.8 Å². The SMILES string of the molecule is CCCCCCCCOc1ccc(OC(=O)[C@H]2CC[C@H](C(F)(F)C(F)(F)C(F)(F)F)CC2)cc1. The number of benzene rings is 1. The summed E-state index contributed by atoms with van der Waals surface area (Å²) in [7, 11) is 0. The van der Waals surface area contributed by atoms with Crippen molar-refractivity contribution in [1.82, 2.24) is 0 Å². The summed E-state index contributed by atoms with van der Waals surface area (Å²) in [5.74, 6) is -14.3. The predicted octanol–water partition coefficient (Wildman–Crippen LogP) is 7.97. The molecule has 0 aromatic heterocycles. The molecule has 1 fully saturated rings. The molecule has 1 aliphatic carbocycles. The van der Waals surface area contributed by atoms with E-state index in [9.17, 15) is 35.5 Å². The molecule has 2 rings (SSSR count). The number of hydrogen-bond donors (Lipinski definition) is 0. The normalized spacial score (nSPS) is 19.6. The number of unbranched alkanes of at least 4 members (excludes halogenated alkanes) is 5. The van der Waals surface area contributed by atoms with Crippen LogP contribution in [0.2, 0.25) is 0 Å². The quantitative estimate of drug-likeness (QED) is 0.126. The molecule has 1 saturated carbocycles. The maximum absolute atomic E-state index is 13.9. The standard InChI is InChI=1S/C24H31F7O3/c1-2-3-4-5-6-7-16-33-19-12-14-20(15-13-19)34-21(32)17-8-10-18(11-9-17)22(25,26)23(27,28)24(29,30)31/h12-15,17-18H,2-11,16H2,1H3/t17-,18-. The highest BCUT2D eigenvalue weighted by Crippen LogP contribution is 2.53. The Hall–Kier alpha value is -2.00. The van der Waals surface area contributed by atoms with Gasteiger partial charge in [0.15, 0.2) is 0 Å². The monoisotopic (exact) mass is 500 g/mol. The van der Waals surface area contributed by atoms with Gasteiger partial charge in [-0.1, -0.05) is 39.0 Å². The van der Waals surface area contributed by atoms with Crippen LogP contribution in [-0.4, -0.2) is 30.6 Å². The first-order chi connectivity index (χ1) is 15.9. The summed E-state index contributed by atoms with van der Waals surface area (Å²) < 4.78 is 102. The molecule has 194 valence electrons. The van der Waals surface area contributed by atoms with Crippen molar-refractivity contribution in [1.29, 1.82) is 0 Å². The lowest BCUT2D eigenvalue weighted by Gasteiger charge is -2.37. The van der Waals surface area contributed by atoms with Gasteiger partial charge in [-0.05, 0) is 56.4 Å². The van der Waals surface area contributed by atoms with Gasteiger partial charge >= 0.3 is 24.0 Å². The summed E-state index contributed by atoms with van der Waals surface area (Å²) in [4.78, 5) is 12.3. The van der Waals surface area contributed by atoms with E-state index in [1.807, 2.05) is 0 Å². The second kappa shape index (κ2) is 12.1. The van der Waals surface area contributed by atoms with Crippen LogP contribution in [0, 0.1) is 11.8 Å². The van der Waals surface area contributed by atoms with Crippen LogP contribution in [0.15, 0.2) is 24.3 Å². The topological polar surface area (TPSA) is 35.5 Å². The third-order valence-corrected chi connectivity index (χ3v) is 6.16. The number of halogens is 7. The minimum absolute atomic E-state index is 0.202. The predicted molar refractivity (Wildman–Crippen MR) is 112 cm³/mol. The molecule has 0 saturated heterocycles. The van der Waals surface area contributed by atoms with Crippen molar-refractivity contribution in [3.63, 3.8) is 0 Å². The third-order valence-electron chi connectivity index (χ3n) is 6.16. The van der Waals surface area contributed by atoms with Gasteiger partial charge in [0.1, 0.15) is 11.5 Å². The van der Waals surface area contributed by atoms with Crippen LogP contribution in [0.4, 0.5) is 30.7 Å². The number of hydrogen-bond acceptors (Lipinski definition) is 3. The molecular formula is C24H31F7O3. The zero-order valence-corrected chi connectivity index (χ0v) is 19.1. The average molecular weight is 500 g/mol. The van der Waals surface area contributed by atoms with E-state index in [1.54, 1.807) is 12.1 Å². The molecule has 0 radical (unpaired) electrons. The zero-order chi connectivity index (χ0) is 25.4. The third kappa shape index (κ3) is 7.25. The van der Waals surface area contributed by atoms with E-state index in [0.29, 0.717) is 12.4 Å². The van der Waals surface area contributed by atoms with Crippen molar-refractivity contribution in [2.45, 2.75) is 89.2 Å². The highest BCUT2D eigenvalue weighted by molar-refractivity contribution is 5.75. The highest BCUT2D eigenvalue weighted by atomic mass is 19.4. The minimum atomic E-state index is -6.35. The molecular weight excluding hydrogens is 469 g/mol. The van der Waals surface area contributed by atoms with Crippen LogP contribution in [0.25, 0.3) is 0 Å². The first-order valence-corrected chi connectivity index (χ1v) is 11.7. The Bertz CT molecular complexity index is 755. The summed E-state index contributed by atoms with van der Waals surface area (Å²) in [6.07, 6.45) is -1.34. The van der Waals surface area contributed by atoms with E-state index in [-0.39, 0.29) is 18.6 Å². The van der Waals surface area contributed by atoms with Gasteiger partial charge in [-0.25, -0.2) is 0 Å². The molecule has 1 aromatic rings. The summed E-state index contributed by atoms with van der Waals surface area (Å²) in [5.41, 5.74) is 0. The molecule has 1 aliphatic rings. The van der Waals surface area contributed by atoms with Gasteiger partial charge in [-0.3, -0.25) is 4.79 Å². The fourth-order valence-electron chi connectivity index (χ4n) is 4.01. The molecule has 0 spiro atoms. The maximum atomic E-state index is 13.9. The summed E-state index contributed by atoms with van der Waals surface area (Å²) in [6.45, 7) is 2.72. The number of alkyl halides is 7. The number of ether oxygens (including phenoxy) is 2. The van der Waals surface area contributed by atoms with Gasteiger partial charge in [0, 0.05) is 5.92 Å². The zero-order valence-electron chi connectivity index (χ0n) is 19.1. The lowest BCUT2D eigenvalue weighted by molar-refractivity contribution is -0.367. The van der Waals surface area contributed by atoms with Gasteiger partial charge in [0.2, 0.25) is 0 Å². The number of rotatable bonds is 12. The fraction of sp³-hybridized carbons (Fsp3) is 0.708. The van der Waals surface area contributed by atoms with Crippen LogP contribution < -0.4 is 9.47 Å². The smallest absolute Gasteiger partial charge is 0.459 e. The Morgan fingerprint density at radius 1 is 0.824 bits per heavy atom. The molecule has 0 atom stereocenters. The van der Waals surface area contributed by atoms with Crippen molar-refractivity contribution < 1.29 is 45.0 Å². The number of carbonyl (C=O) groups excluding carboxylic acids is 1. The van der Waals surface area contributed by atoms with Crippen LogP contribution in [-0.2, 0) is 4.79 Å². The Morgan fingerprint density at radius 2 is 1.35 bits per heavy atom. The Morgan fingerprint density at radius 3 is 1.91 bits per heavy atom. The van der Waals surface area contributed by atoms with Crippen molar-refractivity contribution in [3.05, 3.63) is 24.3 Å². The molecule has 34 heavy (non-hydrogen) atoms. The van der Waals surface area contributed by atoms with Gasteiger partial charge in [-0.15, -0.1) is 0 Å². The van der Waals surface area contributed by atoms with E-state index >= 15 is 0 Å². The Labute approximate surface area is 195 Å². The van der Waals surface area contributed by atoms with Crippen LogP contribution in [0.3, 0.4) is 0 Å². The molecule has 0 unspecified atom stereocenters. The van der Waals surface area contributed by atoms with Crippen LogP contribution in [0.1, 0.15) is 71.1 Å². The van der Waals surface area contributed by atoms with Crippen molar-refractivity contribution >= 4 is 5.97 Å². The molecule has 0 aliphatic heterocycles. The van der Waals surface area contributed by atoms with Gasteiger partial charge < -0.3 is 9.47 Å². The van der Waals surface area contributed by atoms with Gasteiger partial charge in [0.25, 0.3) is 0 Å². The van der Waals surface area contributed by atoms with E-state index in [4.69, 9.17) is 9.47 Å². The fourth-order valence-corrected chi connectivity index (χ4v) is 4.01. The van der Waals surface area contributed by atoms with Crippen LogP contribution in [0.5, 0.6) is 11.5 Å². The lowest BCUT2D eigenvalue weighted by Crippen LogP contribution is -2.56. The molecule has 1 aromatic carbocycles. The maximum Gasteiger partial charge on any atom is 0.459 e. The first-order valence-electron chi connectivity index (χ1n) is 11.7. The largest absolute Gasteiger partial charge is 0.494 e. The molecule has 0 heterocycles. The Balaban J connectivity index is 1.78. The van der Waals surface area contributed by atoms with Crippen molar-refractivity contribution in [2.75, 3.05) is 6.61 Å². The molecule has 0 bridgehead atoms. The summed E-state index contributed by atoms with van der Waals surface area (Å²) >= 11 is 0. The highest BCUT2D eigenvalue weighted by Gasteiger charge is 2.74.